The Bertz CT molecular complexity index is 1220. The Morgan fingerprint density at radius 3 is 2.18 bits per heavy atom. The summed E-state index contributed by atoms with van der Waals surface area (Å²) in [6, 6.07) is 23.9. The topological polar surface area (TPSA) is 66.5 Å². The molecular formula is C28H34N2O3S. The van der Waals surface area contributed by atoms with Gasteiger partial charge in [0.05, 0.1) is 10.6 Å². The monoisotopic (exact) mass is 478 g/mol. The minimum absolute atomic E-state index is 0.135. The van der Waals surface area contributed by atoms with Crippen LogP contribution in [0.2, 0.25) is 0 Å². The third-order valence-electron chi connectivity index (χ3n) is 5.96. The minimum atomic E-state index is -3.92. The Morgan fingerprint density at radius 2 is 1.56 bits per heavy atom. The molecule has 1 unspecified atom stereocenters. The molecule has 0 radical (unpaired) electrons. The summed E-state index contributed by atoms with van der Waals surface area (Å²) < 4.78 is 28.3. The van der Waals surface area contributed by atoms with Crippen molar-refractivity contribution < 1.29 is 13.2 Å². The molecule has 0 fully saturated rings. The molecule has 180 valence electrons. The highest BCUT2D eigenvalue weighted by Gasteiger charge is 2.29. The predicted molar refractivity (Wildman–Crippen MR) is 139 cm³/mol. The average Bonchev–Trinajstić information content (AvgIpc) is 2.78. The van der Waals surface area contributed by atoms with Crippen molar-refractivity contribution in [2.45, 2.75) is 57.4 Å². The first-order valence-electron chi connectivity index (χ1n) is 11.5. The number of hydrogen-bond donors (Lipinski definition) is 1. The van der Waals surface area contributed by atoms with Crippen molar-refractivity contribution in [3.8, 4) is 0 Å². The highest BCUT2D eigenvalue weighted by Crippen LogP contribution is 2.28. The molecule has 1 N–H and O–H groups in total. The number of carbonyl (C=O) groups is 1. The molecule has 34 heavy (non-hydrogen) atoms. The second kappa shape index (κ2) is 10.4. The molecule has 1 atom stereocenters. The molecule has 0 aliphatic heterocycles. The molecule has 1 amide bonds. The summed E-state index contributed by atoms with van der Waals surface area (Å²) in [6.45, 7) is 9.75. The Labute approximate surface area is 203 Å². The van der Waals surface area contributed by atoms with Gasteiger partial charge in [0.25, 0.3) is 10.0 Å². The van der Waals surface area contributed by atoms with Crippen molar-refractivity contribution in [2.75, 3.05) is 10.8 Å². The summed E-state index contributed by atoms with van der Waals surface area (Å²) in [6.07, 6.45) is 0.720. The SMILES string of the molecule is Cc1ccc(S(=O)(=O)N(CC(=O)NC(C)CC(C)(C)c2ccccc2)c2cccc(C)c2)cc1. The summed E-state index contributed by atoms with van der Waals surface area (Å²) >= 11 is 0. The lowest BCUT2D eigenvalue weighted by Gasteiger charge is -2.30. The fourth-order valence-electron chi connectivity index (χ4n) is 4.21. The maximum atomic E-state index is 13.5. The van der Waals surface area contributed by atoms with Gasteiger partial charge in [-0.05, 0) is 68.0 Å². The first-order chi connectivity index (χ1) is 16.0. The van der Waals surface area contributed by atoms with Crippen LogP contribution in [0.25, 0.3) is 0 Å². The van der Waals surface area contributed by atoms with E-state index < -0.39 is 10.0 Å². The molecular weight excluding hydrogens is 444 g/mol. The lowest BCUT2D eigenvalue weighted by atomic mass is 9.79. The number of rotatable bonds is 9. The Kier molecular flexibility index (Phi) is 7.82. The molecule has 0 saturated heterocycles. The highest BCUT2D eigenvalue weighted by atomic mass is 32.2. The zero-order valence-electron chi connectivity index (χ0n) is 20.6. The maximum Gasteiger partial charge on any atom is 0.264 e. The van der Waals surface area contributed by atoms with Gasteiger partial charge in [0, 0.05) is 6.04 Å². The maximum absolute atomic E-state index is 13.5. The zero-order valence-corrected chi connectivity index (χ0v) is 21.4. The average molecular weight is 479 g/mol. The normalized spacial score (nSPS) is 12.7. The zero-order chi connectivity index (χ0) is 24.9. The third-order valence-corrected chi connectivity index (χ3v) is 7.75. The Hall–Kier alpha value is -3.12. The Balaban J connectivity index is 1.81. The molecule has 3 aromatic rings. The van der Waals surface area contributed by atoms with Gasteiger partial charge in [0.1, 0.15) is 6.54 Å². The summed E-state index contributed by atoms with van der Waals surface area (Å²) in [5, 5.41) is 3.01. The number of aryl methyl sites for hydroxylation is 2. The van der Waals surface area contributed by atoms with E-state index in [1.807, 2.05) is 45.0 Å². The molecule has 3 rings (SSSR count). The van der Waals surface area contributed by atoms with Gasteiger partial charge in [-0.1, -0.05) is 74.0 Å². The number of carbonyl (C=O) groups excluding carboxylic acids is 1. The van der Waals surface area contributed by atoms with Crippen molar-refractivity contribution in [3.05, 3.63) is 95.6 Å². The quantitative estimate of drug-likeness (QED) is 0.450. The molecule has 3 aromatic carbocycles. The molecule has 6 heteroatoms. The van der Waals surface area contributed by atoms with Crippen LogP contribution >= 0.6 is 0 Å². The van der Waals surface area contributed by atoms with Gasteiger partial charge < -0.3 is 5.32 Å². The van der Waals surface area contributed by atoms with E-state index in [4.69, 9.17) is 0 Å². The molecule has 0 saturated carbocycles. The summed E-state index contributed by atoms with van der Waals surface area (Å²) in [5.74, 6) is -0.339. The molecule has 0 aromatic heterocycles. The van der Waals surface area contributed by atoms with Crippen molar-refractivity contribution in [2.24, 2.45) is 0 Å². The summed E-state index contributed by atoms with van der Waals surface area (Å²) in [5.41, 5.74) is 3.40. The number of nitrogens with one attached hydrogen (secondary N) is 1. The smallest absolute Gasteiger partial charge is 0.264 e. The largest absolute Gasteiger partial charge is 0.352 e. The summed E-state index contributed by atoms with van der Waals surface area (Å²) in [4.78, 5) is 13.2. The van der Waals surface area contributed by atoms with Gasteiger partial charge in [-0.2, -0.15) is 0 Å². The molecule has 0 spiro atoms. The van der Waals surface area contributed by atoms with Gasteiger partial charge in [0.2, 0.25) is 5.91 Å². The second-order valence-electron chi connectivity index (χ2n) is 9.59. The molecule has 0 aliphatic carbocycles. The van der Waals surface area contributed by atoms with Crippen molar-refractivity contribution in [1.29, 1.82) is 0 Å². The van der Waals surface area contributed by atoms with E-state index in [0.29, 0.717) is 5.69 Å². The van der Waals surface area contributed by atoms with E-state index in [9.17, 15) is 13.2 Å². The predicted octanol–water partition coefficient (Wildman–Crippen LogP) is 5.37. The van der Waals surface area contributed by atoms with Crippen LogP contribution in [0.3, 0.4) is 0 Å². The number of anilines is 1. The first kappa shape index (κ1) is 25.5. The van der Waals surface area contributed by atoms with Crippen LogP contribution in [0.1, 0.15) is 43.9 Å². The second-order valence-corrected chi connectivity index (χ2v) is 11.4. The third kappa shape index (κ3) is 6.26. The fraction of sp³-hybridized carbons (Fsp3) is 0.321. The number of amides is 1. The van der Waals surface area contributed by atoms with Gasteiger partial charge in [-0.25, -0.2) is 8.42 Å². The van der Waals surface area contributed by atoms with E-state index >= 15 is 0 Å². The van der Waals surface area contributed by atoms with E-state index in [2.05, 4.69) is 31.3 Å². The highest BCUT2D eigenvalue weighted by molar-refractivity contribution is 7.92. The van der Waals surface area contributed by atoms with E-state index in [1.165, 1.54) is 9.87 Å². The van der Waals surface area contributed by atoms with Crippen LogP contribution in [-0.4, -0.2) is 26.9 Å². The van der Waals surface area contributed by atoms with Crippen molar-refractivity contribution in [3.63, 3.8) is 0 Å². The van der Waals surface area contributed by atoms with Crippen LogP contribution < -0.4 is 9.62 Å². The first-order valence-corrected chi connectivity index (χ1v) is 12.9. The van der Waals surface area contributed by atoms with Gasteiger partial charge in [0.15, 0.2) is 0 Å². The number of hydrogen-bond acceptors (Lipinski definition) is 3. The number of nitrogens with zero attached hydrogens (tertiary/aromatic N) is 1. The molecule has 0 heterocycles. The van der Waals surface area contributed by atoms with E-state index in [-0.39, 0.29) is 28.8 Å². The fourth-order valence-corrected chi connectivity index (χ4v) is 5.62. The number of sulfonamides is 1. The lowest BCUT2D eigenvalue weighted by Crippen LogP contribution is -2.45. The molecule has 0 aliphatic rings. The Morgan fingerprint density at radius 1 is 0.912 bits per heavy atom. The van der Waals surface area contributed by atoms with E-state index in [0.717, 1.165) is 17.5 Å². The lowest BCUT2D eigenvalue weighted by molar-refractivity contribution is -0.120. The van der Waals surface area contributed by atoms with Gasteiger partial charge >= 0.3 is 0 Å². The van der Waals surface area contributed by atoms with Crippen LogP contribution in [-0.2, 0) is 20.2 Å². The van der Waals surface area contributed by atoms with Crippen LogP contribution in [0.4, 0.5) is 5.69 Å². The van der Waals surface area contributed by atoms with Crippen LogP contribution in [0.5, 0.6) is 0 Å². The van der Waals surface area contributed by atoms with Crippen LogP contribution in [0, 0.1) is 13.8 Å². The van der Waals surface area contributed by atoms with Crippen molar-refractivity contribution in [1.82, 2.24) is 5.32 Å². The minimum Gasteiger partial charge on any atom is -0.352 e. The molecule has 5 nitrogen and oxygen atoms in total. The van der Waals surface area contributed by atoms with E-state index in [1.54, 1.807) is 42.5 Å². The molecule has 0 bridgehead atoms. The number of benzene rings is 3. The van der Waals surface area contributed by atoms with Gasteiger partial charge in [-0.3, -0.25) is 9.10 Å². The van der Waals surface area contributed by atoms with Crippen molar-refractivity contribution >= 4 is 21.6 Å². The van der Waals surface area contributed by atoms with Gasteiger partial charge in [-0.15, -0.1) is 0 Å². The van der Waals surface area contributed by atoms with Crippen LogP contribution in [0.15, 0.2) is 83.8 Å². The standard InChI is InChI=1S/C28H34N2O3S/c1-21-14-16-26(17-15-21)34(32,33)30(25-13-9-10-22(2)18-25)20-27(31)29-23(3)19-28(4,5)24-11-7-6-8-12-24/h6-18,23H,19-20H2,1-5H3,(H,29,31). The summed E-state index contributed by atoms with van der Waals surface area (Å²) in [7, 11) is -3.92.